The van der Waals surface area contributed by atoms with Crippen LogP contribution >= 0.6 is 0 Å². The van der Waals surface area contributed by atoms with E-state index in [0.717, 1.165) is 22.5 Å². The average Bonchev–Trinajstić information content (AvgIpc) is 3.06. The minimum absolute atomic E-state index is 0.148. The van der Waals surface area contributed by atoms with Gasteiger partial charge >= 0.3 is 5.97 Å². The van der Waals surface area contributed by atoms with Gasteiger partial charge in [-0.2, -0.15) is 5.10 Å². The molecule has 0 bridgehead atoms. The molecule has 0 aliphatic heterocycles. The van der Waals surface area contributed by atoms with Crippen molar-refractivity contribution in [3.05, 3.63) is 70.4 Å². The Labute approximate surface area is 134 Å². The zero-order valence-corrected chi connectivity index (χ0v) is 13.0. The van der Waals surface area contributed by atoms with Crippen LogP contribution in [0.3, 0.4) is 0 Å². The Bertz CT molecular complexity index is 940. The number of para-hydroxylation sites is 1. The van der Waals surface area contributed by atoms with Crippen LogP contribution in [0.4, 0.5) is 0 Å². The highest BCUT2D eigenvalue weighted by molar-refractivity contribution is 5.92. The molecule has 4 rings (SSSR count). The van der Waals surface area contributed by atoms with Crippen molar-refractivity contribution in [3.8, 4) is 16.9 Å². The zero-order valence-electron chi connectivity index (χ0n) is 13.0. The summed E-state index contributed by atoms with van der Waals surface area (Å²) in [6.45, 7) is 4.16. The monoisotopic (exact) mass is 304 g/mol. The standard InChI is InChI=1S/C19H16N2O2/c1-11-8-13-10-16-17(19(22)23)20-21(14-6-4-3-5-7-14)18(16)15(13)9-12(11)2/h3-9H,10H2,1-2H3,(H,22,23). The number of carbonyl (C=O) groups is 1. The van der Waals surface area contributed by atoms with Crippen LogP contribution in [0.1, 0.15) is 32.7 Å². The second-order valence-electron chi connectivity index (χ2n) is 6.00. The molecule has 0 saturated heterocycles. The van der Waals surface area contributed by atoms with Crippen molar-refractivity contribution in [2.45, 2.75) is 20.3 Å². The fraction of sp³-hybridized carbons (Fsp3) is 0.158. The molecule has 4 nitrogen and oxygen atoms in total. The van der Waals surface area contributed by atoms with Gasteiger partial charge in [0.2, 0.25) is 0 Å². The molecular formula is C19H16N2O2. The fourth-order valence-corrected chi connectivity index (χ4v) is 3.26. The maximum Gasteiger partial charge on any atom is 0.356 e. The quantitative estimate of drug-likeness (QED) is 0.613. The van der Waals surface area contributed by atoms with Crippen LogP contribution in [-0.2, 0) is 6.42 Å². The number of aromatic carboxylic acids is 1. The molecule has 0 radical (unpaired) electrons. The molecule has 0 fully saturated rings. The van der Waals surface area contributed by atoms with Crippen LogP contribution in [0, 0.1) is 13.8 Å². The van der Waals surface area contributed by atoms with Gasteiger partial charge in [-0.05, 0) is 48.7 Å². The topological polar surface area (TPSA) is 55.1 Å². The Kier molecular flexibility index (Phi) is 2.88. The number of aryl methyl sites for hydroxylation is 2. The van der Waals surface area contributed by atoms with Gasteiger partial charge in [-0.3, -0.25) is 0 Å². The summed E-state index contributed by atoms with van der Waals surface area (Å²) in [6.07, 6.45) is 0.625. The molecule has 1 aromatic heterocycles. The molecule has 0 amide bonds. The third-order valence-corrected chi connectivity index (χ3v) is 4.53. The van der Waals surface area contributed by atoms with Gasteiger partial charge in [0.1, 0.15) is 0 Å². The first-order valence-electron chi connectivity index (χ1n) is 7.57. The van der Waals surface area contributed by atoms with Crippen LogP contribution in [0.5, 0.6) is 0 Å². The van der Waals surface area contributed by atoms with E-state index in [0.29, 0.717) is 6.42 Å². The number of aromatic nitrogens is 2. The largest absolute Gasteiger partial charge is 0.476 e. The summed E-state index contributed by atoms with van der Waals surface area (Å²) in [4.78, 5) is 11.6. The van der Waals surface area contributed by atoms with Gasteiger partial charge in [0.05, 0.1) is 11.4 Å². The van der Waals surface area contributed by atoms with Crippen LogP contribution in [-0.4, -0.2) is 20.9 Å². The number of fused-ring (bicyclic) bond motifs is 3. The first-order chi connectivity index (χ1) is 11.1. The summed E-state index contributed by atoms with van der Waals surface area (Å²) < 4.78 is 1.76. The van der Waals surface area contributed by atoms with Gasteiger partial charge in [-0.15, -0.1) is 0 Å². The lowest BCUT2D eigenvalue weighted by Gasteiger charge is -2.09. The van der Waals surface area contributed by atoms with Gasteiger partial charge in [0.25, 0.3) is 0 Å². The van der Waals surface area contributed by atoms with E-state index in [4.69, 9.17) is 0 Å². The second kappa shape index (κ2) is 4.81. The van der Waals surface area contributed by atoms with Crippen molar-refractivity contribution in [3.63, 3.8) is 0 Å². The van der Waals surface area contributed by atoms with Crippen molar-refractivity contribution in [1.29, 1.82) is 0 Å². The van der Waals surface area contributed by atoms with E-state index in [1.54, 1.807) is 4.68 Å². The molecule has 0 saturated carbocycles. The summed E-state index contributed by atoms with van der Waals surface area (Å²) >= 11 is 0. The van der Waals surface area contributed by atoms with Crippen molar-refractivity contribution >= 4 is 5.97 Å². The van der Waals surface area contributed by atoms with E-state index >= 15 is 0 Å². The Hall–Kier alpha value is -2.88. The first-order valence-corrected chi connectivity index (χ1v) is 7.57. The number of hydrogen-bond donors (Lipinski definition) is 1. The summed E-state index contributed by atoms with van der Waals surface area (Å²) in [7, 11) is 0. The SMILES string of the molecule is Cc1cc2c(cc1C)-c1c(c(C(=O)O)nn1-c1ccccc1)C2. The van der Waals surface area contributed by atoms with E-state index in [1.807, 2.05) is 30.3 Å². The first kappa shape index (κ1) is 13.8. The van der Waals surface area contributed by atoms with Crippen LogP contribution in [0.25, 0.3) is 16.9 Å². The lowest BCUT2D eigenvalue weighted by molar-refractivity contribution is 0.0689. The van der Waals surface area contributed by atoms with Gasteiger partial charge in [-0.1, -0.05) is 24.3 Å². The molecule has 0 atom stereocenters. The molecule has 1 aliphatic carbocycles. The smallest absolute Gasteiger partial charge is 0.356 e. The number of benzene rings is 2. The Balaban J connectivity index is 2.03. The number of nitrogens with zero attached hydrogens (tertiary/aromatic N) is 2. The molecule has 0 unspecified atom stereocenters. The minimum atomic E-state index is -0.975. The third kappa shape index (κ3) is 1.99. The Morgan fingerprint density at radius 1 is 1.13 bits per heavy atom. The molecule has 3 aromatic rings. The maximum absolute atomic E-state index is 11.6. The van der Waals surface area contributed by atoms with Gasteiger partial charge in [0, 0.05) is 17.5 Å². The lowest BCUT2D eigenvalue weighted by Crippen LogP contribution is -2.04. The predicted octanol–water partition coefficient (Wildman–Crippen LogP) is 3.76. The summed E-state index contributed by atoms with van der Waals surface area (Å²) in [5.74, 6) is -0.975. The van der Waals surface area contributed by atoms with Crippen LogP contribution < -0.4 is 0 Å². The molecule has 23 heavy (non-hydrogen) atoms. The van der Waals surface area contributed by atoms with E-state index in [-0.39, 0.29) is 5.69 Å². The molecule has 2 aromatic carbocycles. The predicted molar refractivity (Wildman–Crippen MR) is 88.2 cm³/mol. The highest BCUT2D eigenvalue weighted by Crippen LogP contribution is 2.40. The van der Waals surface area contributed by atoms with Crippen molar-refractivity contribution in [1.82, 2.24) is 9.78 Å². The summed E-state index contributed by atoms with van der Waals surface area (Å²) in [6, 6.07) is 14.0. The highest BCUT2D eigenvalue weighted by Gasteiger charge is 2.31. The number of hydrogen-bond acceptors (Lipinski definition) is 2. The van der Waals surface area contributed by atoms with Crippen molar-refractivity contribution < 1.29 is 9.90 Å². The van der Waals surface area contributed by atoms with Crippen molar-refractivity contribution in [2.24, 2.45) is 0 Å². The van der Waals surface area contributed by atoms with Crippen molar-refractivity contribution in [2.75, 3.05) is 0 Å². The molecule has 1 heterocycles. The molecule has 4 heteroatoms. The lowest BCUT2D eigenvalue weighted by atomic mass is 10.0. The molecule has 1 N–H and O–H groups in total. The number of carboxylic acid groups (broad SMARTS) is 1. The van der Waals surface area contributed by atoms with Crippen LogP contribution in [0.15, 0.2) is 42.5 Å². The second-order valence-corrected chi connectivity index (χ2v) is 6.00. The van der Waals surface area contributed by atoms with Gasteiger partial charge in [-0.25, -0.2) is 9.48 Å². The third-order valence-electron chi connectivity index (χ3n) is 4.53. The van der Waals surface area contributed by atoms with E-state index in [9.17, 15) is 9.90 Å². The van der Waals surface area contributed by atoms with E-state index in [2.05, 4.69) is 31.1 Å². The fourth-order valence-electron chi connectivity index (χ4n) is 3.26. The molecule has 114 valence electrons. The van der Waals surface area contributed by atoms with E-state index < -0.39 is 5.97 Å². The Morgan fingerprint density at radius 2 is 1.83 bits per heavy atom. The van der Waals surface area contributed by atoms with Crippen LogP contribution in [0.2, 0.25) is 0 Å². The average molecular weight is 304 g/mol. The normalized spacial score (nSPS) is 12.1. The maximum atomic E-state index is 11.6. The molecular weight excluding hydrogens is 288 g/mol. The molecule has 0 spiro atoms. The van der Waals surface area contributed by atoms with Gasteiger partial charge in [0.15, 0.2) is 5.69 Å². The van der Waals surface area contributed by atoms with Gasteiger partial charge < -0.3 is 5.11 Å². The zero-order chi connectivity index (χ0) is 16.1. The minimum Gasteiger partial charge on any atom is -0.476 e. The Morgan fingerprint density at radius 3 is 2.52 bits per heavy atom. The summed E-state index contributed by atoms with van der Waals surface area (Å²) in [5, 5.41) is 13.9. The molecule has 1 aliphatic rings. The number of carboxylic acids is 1. The number of rotatable bonds is 2. The summed E-state index contributed by atoms with van der Waals surface area (Å²) in [5.41, 5.74) is 7.43. The van der Waals surface area contributed by atoms with E-state index in [1.165, 1.54) is 16.7 Å². The highest BCUT2D eigenvalue weighted by atomic mass is 16.4.